The van der Waals surface area contributed by atoms with Crippen molar-refractivity contribution in [1.82, 2.24) is 0 Å². The third-order valence-corrected chi connectivity index (χ3v) is 5.88. The molecule has 0 N–H and O–H groups in total. The van der Waals surface area contributed by atoms with Crippen molar-refractivity contribution in [3.63, 3.8) is 0 Å². The number of hydrogen-bond acceptors (Lipinski definition) is 3. The van der Waals surface area contributed by atoms with Gasteiger partial charge in [0.25, 0.3) is 11.7 Å². The van der Waals surface area contributed by atoms with Gasteiger partial charge in [0.15, 0.2) is 5.12 Å². The molecule has 0 aromatic heterocycles. The molecule has 0 radical (unpaired) electrons. The van der Waals surface area contributed by atoms with Crippen LogP contribution < -0.4 is 0 Å². The van der Waals surface area contributed by atoms with Crippen LogP contribution in [-0.2, 0) is 13.9 Å². The van der Waals surface area contributed by atoms with Crippen LogP contribution in [0, 0.1) is 0 Å². The average molecular weight is 368 g/mol. The molecule has 0 aliphatic rings. The van der Waals surface area contributed by atoms with Gasteiger partial charge in [-0.05, 0) is 58.8 Å². The van der Waals surface area contributed by atoms with E-state index in [2.05, 4.69) is 0 Å². The van der Waals surface area contributed by atoms with E-state index in [1.165, 1.54) is 0 Å². The van der Waals surface area contributed by atoms with Gasteiger partial charge < -0.3 is 4.74 Å². The quantitative estimate of drug-likeness (QED) is 0.332. The lowest BCUT2D eigenvalue weighted by Crippen LogP contribution is -2.09. The first-order valence-electron chi connectivity index (χ1n) is 3.95. The summed E-state index contributed by atoms with van der Waals surface area (Å²) in [7, 11) is 0. The second-order valence-corrected chi connectivity index (χ2v) is 13.6. The summed E-state index contributed by atoms with van der Waals surface area (Å²) in [6.07, 6.45) is -0.313. The summed E-state index contributed by atoms with van der Waals surface area (Å²) in [6.45, 7) is 3.36. The van der Waals surface area contributed by atoms with Crippen LogP contribution in [0.3, 0.4) is 0 Å². The molecular weight excluding hydrogens is 359 g/mol. The molecular formula is C6H9Cl5O3P2. The lowest BCUT2D eigenvalue weighted by molar-refractivity contribution is 0.148. The monoisotopic (exact) mass is 366 g/mol. The predicted octanol–water partition coefficient (Wildman–Crippen LogP) is 6.16. The fraction of sp³-hybridized carbons (Fsp3) is 0.667. The molecule has 10 heteroatoms. The molecule has 0 aliphatic carbocycles. The van der Waals surface area contributed by atoms with Crippen LogP contribution in [-0.4, -0.2) is 11.2 Å². The van der Waals surface area contributed by atoms with Gasteiger partial charge in [-0.2, -0.15) is 0 Å². The Morgan fingerprint density at radius 2 is 1.62 bits per heavy atom. The standard InChI is InChI=1S/C6H9Cl5O3P2/c1-4(2)14-5(3-15(8,9)12)6(7)16(10,11)13/h3-4,6H,1-2H3/b5-3+. The third kappa shape index (κ3) is 7.71. The Kier molecular flexibility index (Phi) is 7.16. The van der Waals surface area contributed by atoms with Crippen LogP contribution in [0.1, 0.15) is 13.8 Å². The molecule has 1 unspecified atom stereocenters. The zero-order valence-corrected chi connectivity index (χ0v) is 13.8. The molecule has 96 valence electrons. The maximum absolute atomic E-state index is 11.3. The van der Waals surface area contributed by atoms with E-state index in [0.29, 0.717) is 0 Å². The maximum atomic E-state index is 11.3. The molecule has 0 heterocycles. The fourth-order valence-electron chi connectivity index (χ4n) is 0.717. The largest absolute Gasteiger partial charge is 0.493 e. The lowest BCUT2D eigenvalue weighted by atomic mass is 10.5. The molecule has 0 saturated carbocycles. The SMILES string of the molecule is CC(C)O/C(=C/P(=O)(Cl)Cl)C(Cl)P(=O)(Cl)Cl. The highest BCUT2D eigenvalue weighted by molar-refractivity contribution is 8.11. The second-order valence-electron chi connectivity index (χ2n) is 3.04. The first-order chi connectivity index (χ1) is 6.93. The lowest BCUT2D eigenvalue weighted by Gasteiger charge is -2.18. The van der Waals surface area contributed by atoms with Crippen molar-refractivity contribution in [3.05, 3.63) is 11.6 Å². The Hall–Kier alpha value is 1.45. The Morgan fingerprint density at radius 3 is 1.88 bits per heavy atom. The highest BCUT2D eigenvalue weighted by Crippen LogP contribution is 2.66. The number of allylic oxidation sites excluding steroid dienone is 1. The zero-order valence-electron chi connectivity index (χ0n) is 8.24. The Morgan fingerprint density at radius 1 is 1.19 bits per heavy atom. The Bertz CT molecular complexity index is 357. The number of hydrogen-bond donors (Lipinski definition) is 0. The summed E-state index contributed by atoms with van der Waals surface area (Å²) in [5.41, 5.74) is 0. The minimum Gasteiger partial charge on any atom is -0.493 e. The molecule has 3 nitrogen and oxygen atoms in total. The van der Waals surface area contributed by atoms with Gasteiger partial charge in [-0.3, -0.25) is 9.13 Å². The van der Waals surface area contributed by atoms with Crippen molar-refractivity contribution in [1.29, 1.82) is 0 Å². The summed E-state index contributed by atoms with van der Waals surface area (Å²) in [6, 6.07) is 0. The normalized spacial score (nSPS) is 16.4. The van der Waals surface area contributed by atoms with Gasteiger partial charge >= 0.3 is 0 Å². The van der Waals surface area contributed by atoms with Gasteiger partial charge in [0.2, 0.25) is 0 Å². The van der Waals surface area contributed by atoms with E-state index in [1.54, 1.807) is 13.8 Å². The van der Waals surface area contributed by atoms with E-state index in [4.69, 9.17) is 61.3 Å². The van der Waals surface area contributed by atoms with Gasteiger partial charge in [0.05, 0.1) is 6.10 Å². The van der Waals surface area contributed by atoms with Crippen molar-refractivity contribution in [3.8, 4) is 0 Å². The molecule has 0 amide bonds. The Labute approximate surface area is 118 Å². The van der Waals surface area contributed by atoms with E-state index in [1.807, 2.05) is 0 Å². The molecule has 0 aromatic rings. The number of rotatable bonds is 5. The summed E-state index contributed by atoms with van der Waals surface area (Å²) < 4.78 is 27.7. The van der Waals surface area contributed by atoms with Crippen LogP contribution in [0.25, 0.3) is 0 Å². The molecule has 0 fully saturated rings. The van der Waals surface area contributed by atoms with E-state index >= 15 is 0 Å². The number of alkyl halides is 1. The van der Waals surface area contributed by atoms with Gasteiger partial charge in [-0.15, -0.1) is 11.6 Å². The predicted molar refractivity (Wildman–Crippen MR) is 72.6 cm³/mol. The van der Waals surface area contributed by atoms with E-state index in [9.17, 15) is 9.13 Å². The van der Waals surface area contributed by atoms with Crippen molar-refractivity contribution in [2.45, 2.75) is 25.1 Å². The molecule has 0 spiro atoms. The van der Waals surface area contributed by atoms with Gasteiger partial charge in [0.1, 0.15) is 5.76 Å². The summed E-state index contributed by atoms with van der Waals surface area (Å²) >= 11 is 27.2. The van der Waals surface area contributed by atoms with Gasteiger partial charge in [0, 0.05) is 5.82 Å². The molecule has 0 saturated heterocycles. The average Bonchev–Trinajstić information content (AvgIpc) is 1.96. The minimum absolute atomic E-state index is 0.154. The third-order valence-electron chi connectivity index (χ3n) is 1.15. The summed E-state index contributed by atoms with van der Waals surface area (Å²) in [4.78, 5) is 0. The van der Waals surface area contributed by atoms with E-state index in [-0.39, 0.29) is 11.9 Å². The van der Waals surface area contributed by atoms with Crippen molar-refractivity contribution in [2.75, 3.05) is 0 Å². The molecule has 0 rings (SSSR count). The second kappa shape index (κ2) is 6.57. The fourth-order valence-corrected chi connectivity index (χ4v) is 3.13. The van der Waals surface area contributed by atoms with Crippen molar-refractivity contribution < 1.29 is 13.9 Å². The van der Waals surface area contributed by atoms with Crippen molar-refractivity contribution >= 4 is 68.3 Å². The minimum atomic E-state index is -3.68. The summed E-state index contributed by atoms with van der Waals surface area (Å²) in [5.74, 6) is -6.52. The molecule has 0 aromatic carbocycles. The van der Waals surface area contributed by atoms with Crippen molar-refractivity contribution in [2.24, 2.45) is 0 Å². The topological polar surface area (TPSA) is 43.4 Å². The van der Waals surface area contributed by atoms with E-state index < -0.39 is 16.8 Å². The first kappa shape index (κ1) is 17.4. The number of halogens is 5. The van der Waals surface area contributed by atoms with Crippen LogP contribution in [0.4, 0.5) is 0 Å². The molecule has 0 aliphatic heterocycles. The van der Waals surface area contributed by atoms with Crippen LogP contribution >= 0.6 is 68.3 Å². The van der Waals surface area contributed by atoms with Crippen LogP contribution in [0.15, 0.2) is 11.6 Å². The maximum Gasteiger partial charge on any atom is 0.278 e. The summed E-state index contributed by atoms with van der Waals surface area (Å²) in [5, 5.41) is -1.34. The highest BCUT2D eigenvalue weighted by Gasteiger charge is 2.33. The Balaban J connectivity index is 5.19. The van der Waals surface area contributed by atoms with Gasteiger partial charge in [-0.1, -0.05) is 0 Å². The molecule has 16 heavy (non-hydrogen) atoms. The zero-order chi connectivity index (χ0) is 13.1. The molecule has 1 atom stereocenters. The van der Waals surface area contributed by atoms with Crippen LogP contribution in [0.2, 0.25) is 0 Å². The first-order valence-corrected chi connectivity index (χ1v) is 11.6. The van der Waals surface area contributed by atoms with Crippen LogP contribution in [0.5, 0.6) is 0 Å². The molecule has 0 bridgehead atoms. The van der Waals surface area contributed by atoms with E-state index in [0.717, 1.165) is 5.82 Å². The highest BCUT2D eigenvalue weighted by atomic mass is 35.9. The number of ether oxygens (including phenoxy) is 1. The van der Waals surface area contributed by atoms with Gasteiger partial charge in [-0.25, -0.2) is 0 Å². The smallest absolute Gasteiger partial charge is 0.278 e.